The second kappa shape index (κ2) is 10.4. The highest BCUT2D eigenvalue weighted by atomic mass is 16.3. The van der Waals surface area contributed by atoms with Crippen molar-refractivity contribution in [2.24, 2.45) is 0 Å². The summed E-state index contributed by atoms with van der Waals surface area (Å²) < 4.78 is 0. The molecule has 0 radical (unpaired) electrons. The first kappa shape index (κ1) is 25.8. The summed E-state index contributed by atoms with van der Waals surface area (Å²) in [5, 5.41) is 22.1. The SMILES string of the molecule is CN(C)C[C@H](O)C(=O)N[C@H](C#N)Cc1ccc(-c2ccc3c(c2)C2(CCCN(C)C2)C(=O)N3C)cc1. The molecule has 190 valence electrons. The number of carbonyl (C=O) groups is 2. The van der Waals surface area contributed by atoms with E-state index < -0.39 is 23.5 Å². The maximum Gasteiger partial charge on any atom is 0.251 e. The Hall–Kier alpha value is -3.25. The quantitative estimate of drug-likeness (QED) is 0.615. The molecular formula is C28H35N5O3. The van der Waals surface area contributed by atoms with Crippen LogP contribution in [0.3, 0.4) is 0 Å². The second-order valence-electron chi connectivity index (χ2n) is 10.4. The zero-order valence-corrected chi connectivity index (χ0v) is 21.5. The van der Waals surface area contributed by atoms with E-state index in [9.17, 15) is 20.0 Å². The minimum Gasteiger partial charge on any atom is -0.382 e. The molecule has 36 heavy (non-hydrogen) atoms. The van der Waals surface area contributed by atoms with Crippen LogP contribution in [0.4, 0.5) is 5.69 Å². The molecule has 2 heterocycles. The number of fused-ring (bicyclic) bond motifs is 2. The minimum atomic E-state index is -1.18. The molecule has 2 amide bonds. The van der Waals surface area contributed by atoms with Crippen LogP contribution in [-0.2, 0) is 21.4 Å². The number of piperidine rings is 1. The maximum absolute atomic E-state index is 13.3. The number of rotatable bonds is 7. The Kier molecular flexibility index (Phi) is 7.46. The third kappa shape index (κ3) is 5.00. The Morgan fingerprint density at radius 2 is 1.89 bits per heavy atom. The summed E-state index contributed by atoms with van der Waals surface area (Å²) in [4.78, 5) is 31.3. The number of likely N-dealkylation sites (N-methyl/N-ethyl adjacent to an activating group) is 3. The van der Waals surface area contributed by atoms with Gasteiger partial charge in [-0.3, -0.25) is 9.59 Å². The van der Waals surface area contributed by atoms with E-state index in [1.165, 1.54) is 0 Å². The third-order valence-corrected chi connectivity index (χ3v) is 7.31. The van der Waals surface area contributed by atoms with E-state index in [1.807, 2.05) is 43.4 Å². The van der Waals surface area contributed by atoms with Crippen LogP contribution in [0.2, 0.25) is 0 Å². The molecule has 1 spiro atoms. The van der Waals surface area contributed by atoms with Crippen LogP contribution in [0.25, 0.3) is 11.1 Å². The average molecular weight is 490 g/mol. The topological polar surface area (TPSA) is 99.9 Å². The number of benzene rings is 2. The predicted octanol–water partition coefficient (Wildman–Crippen LogP) is 1.77. The summed E-state index contributed by atoms with van der Waals surface area (Å²) in [6.45, 7) is 1.93. The number of amides is 2. The van der Waals surface area contributed by atoms with Crippen LogP contribution >= 0.6 is 0 Å². The molecule has 1 saturated heterocycles. The Morgan fingerprint density at radius 1 is 1.19 bits per heavy atom. The first-order valence-electron chi connectivity index (χ1n) is 12.4. The zero-order chi connectivity index (χ0) is 26.0. The number of anilines is 1. The van der Waals surface area contributed by atoms with Crippen LogP contribution in [0.1, 0.15) is 24.0 Å². The van der Waals surface area contributed by atoms with Crippen LogP contribution in [0.15, 0.2) is 42.5 Å². The highest BCUT2D eigenvalue weighted by Crippen LogP contribution is 2.47. The fourth-order valence-electron chi connectivity index (χ4n) is 5.50. The Balaban J connectivity index is 1.51. The molecule has 2 N–H and O–H groups in total. The molecule has 0 saturated carbocycles. The molecule has 4 rings (SSSR count). The molecule has 2 aliphatic heterocycles. The Morgan fingerprint density at radius 3 is 2.53 bits per heavy atom. The van der Waals surface area contributed by atoms with Crippen molar-refractivity contribution in [3.05, 3.63) is 53.6 Å². The van der Waals surface area contributed by atoms with Gasteiger partial charge in [0.1, 0.15) is 12.1 Å². The first-order chi connectivity index (χ1) is 17.1. The fourth-order valence-corrected chi connectivity index (χ4v) is 5.50. The number of hydrogen-bond acceptors (Lipinski definition) is 6. The van der Waals surface area contributed by atoms with Crippen molar-refractivity contribution < 1.29 is 14.7 Å². The van der Waals surface area contributed by atoms with E-state index in [4.69, 9.17) is 0 Å². The van der Waals surface area contributed by atoms with Gasteiger partial charge in [-0.05, 0) is 74.9 Å². The van der Waals surface area contributed by atoms with Crippen molar-refractivity contribution in [2.45, 2.75) is 36.8 Å². The van der Waals surface area contributed by atoms with E-state index in [0.717, 1.165) is 53.9 Å². The molecule has 1 fully saturated rings. The molecule has 1 unspecified atom stereocenters. The average Bonchev–Trinajstić information content (AvgIpc) is 3.04. The van der Waals surface area contributed by atoms with Gasteiger partial charge in [-0.15, -0.1) is 0 Å². The molecule has 0 aliphatic carbocycles. The maximum atomic E-state index is 13.3. The van der Waals surface area contributed by atoms with Crippen molar-refractivity contribution in [2.75, 3.05) is 52.7 Å². The van der Waals surface area contributed by atoms with Gasteiger partial charge in [0.15, 0.2) is 0 Å². The van der Waals surface area contributed by atoms with Gasteiger partial charge in [-0.2, -0.15) is 5.26 Å². The Labute approximate surface area is 213 Å². The van der Waals surface area contributed by atoms with E-state index in [-0.39, 0.29) is 12.5 Å². The molecule has 0 aromatic heterocycles. The van der Waals surface area contributed by atoms with Gasteiger partial charge in [0.2, 0.25) is 5.91 Å². The van der Waals surface area contributed by atoms with Gasteiger partial charge in [0, 0.05) is 32.2 Å². The highest BCUT2D eigenvalue weighted by molar-refractivity contribution is 6.08. The van der Waals surface area contributed by atoms with E-state index in [1.54, 1.807) is 23.9 Å². The number of nitrogens with one attached hydrogen (secondary N) is 1. The van der Waals surface area contributed by atoms with Crippen LogP contribution in [0, 0.1) is 11.3 Å². The van der Waals surface area contributed by atoms with Gasteiger partial charge in [0.05, 0.1) is 11.5 Å². The van der Waals surface area contributed by atoms with Crippen molar-refractivity contribution in [1.29, 1.82) is 5.26 Å². The van der Waals surface area contributed by atoms with Crippen molar-refractivity contribution >= 4 is 17.5 Å². The minimum absolute atomic E-state index is 0.178. The number of likely N-dealkylation sites (tertiary alicyclic amines) is 1. The van der Waals surface area contributed by atoms with Crippen molar-refractivity contribution in [3.63, 3.8) is 0 Å². The summed E-state index contributed by atoms with van der Waals surface area (Å²) in [7, 11) is 7.48. The molecule has 8 nitrogen and oxygen atoms in total. The van der Waals surface area contributed by atoms with Gasteiger partial charge in [0.25, 0.3) is 5.91 Å². The Bertz CT molecular complexity index is 1170. The van der Waals surface area contributed by atoms with E-state index in [2.05, 4.69) is 29.4 Å². The second-order valence-corrected chi connectivity index (χ2v) is 10.4. The fraction of sp³-hybridized carbons (Fsp3) is 0.464. The summed E-state index contributed by atoms with van der Waals surface area (Å²) in [6.07, 6.45) is 1.02. The largest absolute Gasteiger partial charge is 0.382 e. The lowest BCUT2D eigenvalue weighted by Crippen LogP contribution is -2.50. The zero-order valence-electron chi connectivity index (χ0n) is 21.5. The number of carbonyl (C=O) groups excluding carboxylic acids is 2. The molecule has 2 aromatic rings. The molecule has 8 heteroatoms. The normalized spacial score (nSPS) is 21.4. The smallest absolute Gasteiger partial charge is 0.251 e. The van der Waals surface area contributed by atoms with Crippen LogP contribution in [0.5, 0.6) is 0 Å². The number of nitriles is 1. The first-order valence-corrected chi connectivity index (χ1v) is 12.4. The number of aliphatic hydroxyl groups excluding tert-OH is 1. The number of nitrogens with zero attached hydrogens (tertiary/aromatic N) is 4. The molecule has 0 bridgehead atoms. The van der Waals surface area contributed by atoms with Crippen LogP contribution in [-0.4, -0.2) is 86.7 Å². The van der Waals surface area contributed by atoms with Crippen molar-refractivity contribution in [1.82, 2.24) is 15.1 Å². The lowest BCUT2D eigenvalue weighted by atomic mass is 9.74. The van der Waals surface area contributed by atoms with Crippen molar-refractivity contribution in [3.8, 4) is 17.2 Å². The number of aliphatic hydroxyl groups is 1. The predicted molar refractivity (Wildman–Crippen MR) is 140 cm³/mol. The van der Waals surface area contributed by atoms with Gasteiger partial charge in [-0.1, -0.05) is 30.3 Å². The monoisotopic (exact) mass is 489 g/mol. The van der Waals surface area contributed by atoms with E-state index >= 15 is 0 Å². The molecule has 3 atom stereocenters. The molecule has 2 aromatic carbocycles. The number of hydrogen-bond donors (Lipinski definition) is 2. The van der Waals surface area contributed by atoms with Gasteiger partial charge in [-0.25, -0.2) is 0 Å². The lowest BCUT2D eigenvalue weighted by Gasteiger charge is -2.37. The highest BCUT2D eigenvalue weighted by Gasteiger charge is 2.51. The van der Waals surface area contributed by atoms with E-state index in [0.29, 0.717) is 6.42 Å². The van der Waals surface area contributed by atoms with Crippen LogP contribution < -0.4 is 10.2 Å². The summed E-state index contributed by atoms with van der Waals surface area (Å²) in [6, 6.07) is 15.6. The lowest BCUT2D eigenvalue weighted by molar-refractivity contribution is -0.130. The summed E-state index contributed by atoms with van der Waals surface area (Å²) in [5.41, 5.74) is 4.60. The third-order valence-electron chi connectivity index (χ3n) is 7.31. The molecule has 2 aliphatic rings. The standard InChI is InChI=1S/C28H35N5O3/c1-31(2)17-25(34)26(35)30-22(16-29)14-19-6-8-20(9-7-19)21-10-11-24-23(15-21)28(27(36)33(24)4)12-5-13-32(3)18-28/h6-11,15,22,25,34H,5,12-14,17-18H2,1-4H3,(H,30,35)/t22-,25-,28?/m0/s1. The van der Waals surface area contributed by atoms with Gasteiger partial charge < -0.3 is 25.1 Å². The molecular weight excluding hydrogens is 454 g/mol. The summed E-state index contributed by atoms with van der Waals surface area (Å²) in [5.74, 6) is -0.372. The van der Waals surface area contributed by atoms with Gasteiger partial charge >= 0.3 is 0 Å². The summed E-state index contributed by atoms with van der Waals surface area (Å²) >= 11 is 0.